The molecule has 0 radical (unpaired) electrons. The zero-order chi connectivity index (χ0) is 17.4. The van der Waals surface area contributed by atoms with Crippen LogP contribution in [0.5, 0.6) is 11.5 Å². The topological polar surface area (TPSA) is 50.8 Å². The molecule has 0 saturated heterocycles. The molecule has 0 unspecified atom stereocenters. The molecule has 0 fully saturated rings. The van der Waals surface area contributed by atoms with E-state index in [4.69, 9.17) is 9.47 Å². The number of nitrogens with zero attached hydrogens (tertiary/aromatic N) is 1. The molecule has 0 aliphatic rings. The maximum atomic E-state index is 11.8. The molecule has 6 heteroatoms. The van der Waals surface area contributed by atoms with Gasteiger partial charge in [0.1, 0.15) is 6.61 Å². The first-order valence-electron chi connectivity index (χ1n) is 7.86. The molecule has 2 aromatic rings. The number of methoxy groups -OCH3 is 1. The first kappa shape index (κ1) is 20.8. The monoisotopic (exact) mass is 364 g/mol. The Hall–Kier alpha value is -2.24. The van der Waals surface area contributed by atoms with Crippen molar-refractivity contribution in [2.45, 2.75) is 13.2 Å². The molecule has 1 amide bonds. The molecule has 0 spiro atoms. The number of hydrogen-bond acceptors (Lipinski definition) is 4. The summed E-state index contributed by atoms with van der Waals surface area (Å²) in [6.07, 6.45) is 0. The Morgan fingerprint density at radius 2 is 1.80 bits per heavy atom. The minimum absolute atomic E-state index is 0. The minimum atomic E-state index is 0. The fourth-order valence-electron chi connectivity index (χ4n) is 2.31. The van der Waals surface area contributed by atoms with E-state index < -0.39 is 0 Å². The SMILES string of the molecule is CNCC(=O)N(C)Cc1ccc(OCc2ccccc2)c(OC)c1.Cl. The van der Waals surface area contributed by atoms with Crippen LogP contribution in [0, 0.1) is 0 Å². The van der Waals surface area contributed by atoms with Crippen molar-refractivity contribution < 1.29 is 14.3 Å². The van der Waals surface area contributed by atoms with Gasteiger partial charge in [-0.1, -0.05) is 36.4 Å². The molecule has 2 rings (SSSR count). The van der Waals surface area contributed by atoms with Gasteiger partial charge < -0.3 is 19.7 Å². The fraction of sp³-hybridized carbons (Fsp3) is 0.316. The number of hydrogen-bond donors (Lipinski definition) is 1. The van der Waals surface area contributed by atoms with Gasteiger partial charge in [-0.15, -0.1) is 12.4 Å². The maximum Gasteiger partial charge on any atom is 0.236 e. The standard InChI is InChI=1S/C19H24N2O3.ClH/c1-20-12-19(22)21(2)13-16-9-10-17(18(11-16)23-3)24-14-15-7-5-4-6-8-15;/h4-11,20H,12-14H2,1-3H3;1H. The van der Waals surface area contributed by atoms with E-state index in [9.17, 15) is 4.79 Å². The van der Waals surface area contributed by atoms with Crippen LogP contribution in [0.3, 0.4) is 0 Å². The molecule has 25 heavy (non-hydrogen) atoms. The van der Waals surface area contributed by atoms with E-state index in [1.165, 1.54) is 0 Å². The van der Waals surface area contributed by atoms with Crippen LogP contribution in [0.25, 0.3) is 0 Å². The zero-order valence-electron chi connectivity index (χ0n) is 14.8. The Morgan fingerprint density at radius 1 is 1.08 bits per heavy atom. The Bertz CT molecular complexity index is 665. The molecule has 0 heterocycles. The van der Waals surface area contributed by atoms with Crippen LogP contribution in [0.2, 0.25) is 0 Å². The predicted molar refractivity (Wildman–Crippen MR) is 101 cm³/mol. The Kier molecular flexibility index (Phi) is 8.81. The summed E-state index contributed by atoms with van der Waals surface area (Å²) in [6, 6.07) is 15.7. The van der Waals surface area contributed by atoms with E-state index in [2.05, 4.69) is 5.32 Å². The molecule has 1 N–H and O–H groups in total. The van der Waals surface area contributed by atoms with Gasteiger partial charge >= 0.3 is 0 Å². The lowest BCUT2D eigenvalue weighted by Gasteiger charge is -2.18. The molecule has 136 valence electrons. The number of nitrogens with one attached hydrogen (secondary N) is 1. The minimum Gasteiger partial charge on any atom is -0.493 e. The van der Waals surface area contributed by atoms with Crippen molar-refractivity contribution in [1.29, 1.82) is 0 Å². The molecule has 0 bridgehead atoms. The molecule has 0 aliphatic heterocycles. The lowest BCUT2D eigenvalue weighted by molar-refractivity contribution is -0.129. The van der Waals surface area contributed by atoms with Crippen LogP contribution < -0.4 is 14.8 Å². The third-order valence-corrected chi connectivity index (χ3v) is 3.64. The summed E-state index contributed by atoms with van der Waals surface area (Å²) >= 11 is 0. The summed E-state index contributed by atoms with van der Waals surface area (Å²) in [4.78, 5) is 13.5. The van der Waals surface area contributed by atoms with Crippen molar-refractivity contribution in [3.8, 4) is 11.5 Å². The number of benzene rings is 2. The molecule has 0 saturated carbocycles. The second kappa shape index (κ2) is 10.6. The highest BCUT2D eigenvalue weighted by Gasteiger charge is 2.11. The van der Waals surface area contributed by atoms with Crippen molar-refractivity contribution in [3.05, 3.63) is 59.7 Å². The highest BCUT2D eigenvalue weighted by atomic mass is 35.5. The zero-order valence-corrected chi connectivity index (χ0v) is 15.6. The normalized spacial score (nSPS) is 9.88. The predicted octanol–water partition coefficient (Wildman–Crippen LogP) is 2.87. The largest absolute Gasteiger partial charge is 0.493 e. The second-order valence-corrected chi connectivity index (χ2v) is 5.54. The van der Waals surface area contributed by atoms with E-state index in [0.717, 1.165) is 11.1 Å². The Morgan fingerprint density at radius 3 is 2.44 bits per heavy atom. The summed E-state index contributed by atoms with van der Waals surface area (Å²) in [7, 11) is 5.16. The van der Waals surface area contributed by atoms with Crippen LogP contribution in [0.15, 0.2) is 48.5 Å². The van der Waals surface area contributed by atoms with E-state index in [-0.39, 0.29) is 18.3 Å². The second-order valence-electron chi connectivity index (χ2n) is 5.54. The summed E-state index contributed by atoms with van der Waals surface area (Å²) in [5, 5.41) is 2.86. The molecule has 0 aromatic heterocycles. The number of rotatable bonds is 8. The van der Waals surface area contributed by atoms with Crippen molar-refractivity contribution in [3.63, 3.8) is 0 Å². The van der Waals surface area contributed by atoms with Crippen LogP contribution >= 0.6 is 12.4 Å². The number of amides is 1. The van der Waals surface area contributed by atoms with Gasteiger partial charge in [0, 0.05) is 13.6 Å². The number of halogens is 1. The van der Waals surface area contributed by atoms with E-state index in [0.29, 0.717) is 31.2 Å². The van der Waals surface area contributed by atoms with Crippen LogP contribution in [0.4, 0.5) is 0 Å². The summed E-state index contributed by atoms with van der Waals surface area (Å²) in [6.45, 7) is 1.33. The van der Waals surface area contributed by atoms with Crippen molar-refractivity contribution in [2.75, 3.05) is 27.7 Å². The first-order chi connectivity index (χ1) is 11.6. The summed E-state index contributed by atoms with van der Waals surface area (Å²) in [5.74, 6) is 1.40. The Balaban J connectivity index is 0.00000312. The summed E-state index contributed by atoms with van der Waals surface area (Å²) in [5.41, 5.74) is 2.09. The quantitative estimate of drug-likeness (QED) is 0.782. The number of ether oxygens (including phenoxy) is 2. The van der Waals surface area contributed by atoms with E-state index in [1.807, 2.05) is 48.5 Å². The molecule has 2 aromatic carbocycles. The van der Waals surface area contributed by atoms with Crippen LogP contribution in [-0.2, 0) is 17.9 Å². The molecule has 0 aliphatic carbocycles. The van der Waals surface area contributed by atoms with Crippen molar-refractivity contribution in [2.24, 2.45) is 0 Å². The van der Waals surface area contributed by atoms with E-state index in [1.54, 1.807) is 26.1 Å². The van der Waals surface area contributed by atoms with Crippen molar-refractivity contribution in [1.82, 2.24) is 10.2 Å². The first-order valence-corrected chi connectivity index (χ1v) is 7.86. The highest BCUT2D eigenvalue weighted by molar-refractivity contribution is 5.85. The number of carbonyl (C=O) groups is 1. The van der Waals surface area contributed by atoms with Gasteiger partial charge in [0.25, 0.3) is 0 Å². The molecular weight excluding hydrogens is 340 g/mol. The van der Waals surface area contributed by atoms with E-state index >= 15 is 0 Å². The average molecular weight is 365 g/mol. The van der Waals surface area contributed by atoms with Crippen molar-refractivity contribution >= 4 is 18.3 Å². The lowest BCUT2D eigenvalue weighted by Crippen LogP contribution is -2.33. The summed E-state index contributed by atoms with van der Waals surface area (Å²) < 4.78 is 11.3. The van der Waals surface area contributed by atoms with Gasteiger partial charge in [-0.2, -0.15) is 0 Å². The van der Waals surface area contributed by atoms with Gasteiger partial charge in [0.2, 0.25) is 5.91 Å². The van der Waals surface area contributed by atoms with Gasteiger partial charge in [0.15, 0.2) is 11.5 Å². The number of carbonyl (C=O) groups excluding carboxylic acids is 1. The smallest absolute Gasteiger partial charge is 0.236 e. The Labute approximate surface area is 155 Å². The van der Waals surface area contributed by atoms with Gasteiger partial charge in [-0.3, -0.25) is 4.79 Å². The highest BCUT2D eigenvalue weighted by Crippen LogP contribution is 2.29. The maximum absolute atomic E-state index is 11.8. The third kappa shape index (κ3) is 6.29. The van der Waals surface area contributed by atoms with Gasteiger partial charge in [-0.05, 0) is 30.3 Å². The van der Waals surface area contributed by atoms with Gasteiger partial charge in [0.05, 0.1) is 13.7 Å². The van der Waals surface area contributed by atoms with Crippen LogP contribution in [0.1, 0.15) is 11.1 Å². The molecule has 5 nitrogen and oxygen atoms in total. The third-order valence-electron chi connectivity index (χ3n) is 3.64. The average Bonchev–Trinajstić information content (AvgIpc) is 2.61. The molecular formula is C19H25ClN2O3. The van der Waals surface area contributed by atoms with Crippen LogP contribution in [-0.4, -0.2) is 38.6 Å². The number of likely N-dealkylation sites (N-methyl/N-ethyl adjacent to an activating group) is 2. The molecule has 0 atom stereocenters. The fourth-order valence-corrected chi connectivity index (χ4v) is 2.31. The van der Waals surface area contributed by atoms with Gasteiger partial charge in [-0.25, -0.2) is 0 Å². The lowest BCUT2D eigenvalue weighted by atomic mass is 10.2.